The molecule has 0 heterocycles. The van der Waals surface area contributed by atoms with Crippen LogP contribution < -0.4 is 10.1 Å². The highest BCUT2D eigenvalue weighted by molar-refractivity contribution is 9.10. The number of ether oxygens (including phenoxy) is 1. The van der Waals surface area contributed by atoms with Crippen LogP contribution in [0.1, 0.15) is 16.7 Å². The second-order valence-electron chi connectivity index (χ2n) is 6.71. The molecule has 0 spiro atoms. The maximum Gasteiger partial charge on any atom is 0.266 e. The Balaban J connectivity index is 1.87. The van der Waals surface area contributed by atoms with Crippen LogP contribution in [0.5, 0.6) is 5.75 Å². The first-order valence-electron chi connectivity index (χ1n) is 9.22. The molecule has 0 radical (unpaired) electrons. The van der Waals surface area contributed by atoms with Crippen molar-refractivity contribution in [3.8, 4) is 11.8 Å². The Morgan fingerprint density at radius 3 is 2.45 bits per heavy atom. The van der Waals surface area contributed by atoms with Gasteiger partial charge in [-0.3, -0.25) is 4.79 Å². The molecule has 0 saturated heterocycles. The van der Waals surface area contributed by atoms with Crippen molar-refractivity contribution in [2.24, 2.45) is 0 Å². The minimum absolute atomic E-state index is 0.104. The number of benzene rings is 3. The van der Waals surface area contributed by atoms with Gasteiger partial charge in [0.2, 0.25) is 0 Å². The lowest BCUT2D eigenvalue weighted by molar-refractivity contribution is -0.112. The summed E-state index contributed by atoms with van der Waals surface area (Å²) in [6.07, 6.45) is 1.41. The lowest BCUT2D eigenvalue weighted by Crippen LogP contribution is -2.13. The van der Waals surface area contributed by atoms with Crippen LogP contribution in [0.4, 0.5) is 5.69 Å². The Kier molecular flexibility index (Phi) is 7.75. The van der Waals surface area contributed by atoms with Gasteiger partial charge in [-0.1, -0.05) is 69.0 Å². The summed E-state index contributed by atoms with van der Waals surface area (Å²) in [5.74, 6) is -0.203. The summed E-state index contributed by atoms with van der Waals surface area (Å²) in [4.78, 5) is 12.6. The maximum absolute atomic E-state index is 12.6. The van der Waals surface area contributed by atoms with Crippen molar-refractivity contribution in [2.45, 2.75) is 13.5 Å². The highest BCUT2D eigenvalue weighted by Gasteiger charge is 2.15. The molecule has 0 unspecified atom stereocenters. The number of hydrogen-bond acceptors (Lipinski definition) is 3. The fraction of sp³-hybridized carbons (Fsp3) is 0.0833. The number of nitriles is 1. The van der Waals surface area contributed by atoms with E-state index < -0.39 is 5.91 Å². The second kappa shape index (κ2) is 10.5. The van der Waals surface area contributed by atoms with Gasteiger partial charge in [0.1, 0.15) is 24.0 Å². The monoisotopic (exact) mass is 514 g/mol. The molecule has 3 rings (SSSR count). The van der Waals surface area contributed by atoms with Crippen LogP contribution in [0.25, 0.3) is 6.08 Å². The molecule has 0 fully saturated rings. The van der Waals surface area contributed by atoms with Gasteiger partial charge >= 0.3 is 0 Å². The standard InChI is InChI=1S/C24H17BrCl2N2O2/c1-15-2-8-21(9-3-15)29-24(30)18(13-28)10-17-11-20(26)12-22(27)23(17)31-14-16-4-6-19(25)7-5-16/h2-12H,14H2,1H3,(H,29,30)/b18-10+. The number of halogens is 3. The summed E-state index contributed by atoms with van der Waals surface area (Å²) >= 11 is 15.9. The molecule has 3 aromatic rings. The van der Waals surface area contributed by atoms with Crippen molar-refractivity contribution in [3.05, 3.63) is 97.4 Å². The van der Waals surface area contributed by atoms with Gasteiger partial charge in [-0.2, -0.15) is 5.26 Å². The first kappa shape index (κ1) is 22.9. The van der Waals surface area contributed by atoms with E-state index >= 15 is 0 Å². The zero-order chi connectivity index (χ0) is 22.4. The summed E-state index contributed by atoms with van der Waals surface area (Å²) in [6, 6.07) is 20.0. The van der Waals surface area contributed by atoms with Crippen LogP contribution in [-0.4, -0.2) is 5.91 Å². The Bertz CT molecular complexity index is 1170. The lowest BCUT2D eigenvalue weighted by atomic mass is 10.1. The number of anilines is 1. The Morgan fingerprint density at radius 1 is 1.13 bits per heavy atom. The van der Waals surface area contributed by atoms with Crippen molar-refractivity contribution in [1.82, 2.24) is 0 Å². The van der Waals surface area contributed by atoms with E-state index in [0.717, 1.165) is 15.6 Å². The summed E-state index contributed by atoms with van der Waals surface area (Å²) in [6.45, 7) is 2.21. The molecule has 0 aromatic heterocycles. The van der Waals surface area contributed by atoms with Crippen LogP contribution >= 0.6 is 39.1 Å². The second-order valence-corrected chi connectivity index (χ2v) is 8.47. The first-order chi connectivity index (χ1) is 14.9. The van der Waals surface area contributed by atoms with Crippen molar-refractivity contribution >= 4 is 56.8 Å². The van der Waals surface area contributed by atoms with Crippen LogP contribution in [0.2, 0.25) is 10.0 Å². The molecule has 0 atom stereocenters. The number of amides is 1. The third-order valence-corrected chi connectivity index (χ3v) is 5.34. The van der Waals surface area contributed by atoms with E-state index in [9.17, 15) is 10.1 Å². The number of nitrogens with zero attached hydrogens (tertiary/aromatic N) is 1. The molecule has 156 valence electrons. The molecule has 3 aromatic carbocycles. The predicted octanol–water partition coefficient (Wildman–Crippen LogP) is 7.19. The molecule has 31 heavy (non-hydrogen) atoms. The zero-order valence-corrected chi connectivity index (χ0v) is 19.6. The predicted molar refractivity (Wildman–Crippen MR) is 128 cm³/mol. The van der Waals surface area contributed by atoms with Crippen LogP contribution in [0.15, 0.2) is 70.7 Å². The lowest BCUT2D eigenvalue weighted by Gasteiger charge is -2.13. The fourth-order valence-corrected chi connectivity index (χ4v) is 3.54. The van der Waals surface area contributed by atoms with Crippen molar-refractivity contribution < 1.29 is 9.53 Å². The van der Waals surface area contributed by atoms with Crippen molar-refractivity contribution in [3.63, 3.8) is 0 Å². The summed E-state index contributed by atoms with van der Waals surface area (Å²) in [5, 5.41) is 12.9. The summed E-state index contributed by atoms with van der Waals surface area (Å²) in [5.41, 5.74) is 2.92. The minimum atomic E-state index is -0.540. The third-order valence-electron chi connectivity index (χ3n) is 4.31. The molecular weight excluding hydrogens is 499 g/mol. The van der Waals surface area contributed by atoms with Crippen LogP contribution in [-0.2, 0) is 11.4 Å². The smallest absolute Gasteiger partial charge is 0.266 e. The van der Waals surface area contributed by atoms with Gasteiger partial charge in [0, 0.05) is 20.7 Å². The van der Waals surface area contributed by atoms with E-state index in [0.29, 0.717) is 22.0 Å². The quantitative estimate of drug-likeness (QED) is 0.279. The number of nitrogens with one attached hydrogen (secondary N) is 1. The van der Waals surface area contributed by atoms with Gasteiger partial charge in [-0.05, 0) is 55.0 Å². The minimum Gasteiger partial charge on any atom is -0.487 e. The van der Waals surface area contributed by atoms with E-state index in [1.807, 2.05) is 49.4 Å². The Morgan fingerprint density at radius 2 is 1.81 bits per heavy atom. The van der Waals surface area contributed by atoms with Gasteiger partial charge in [-0.25, -0.2) is 0 Å². The number of carbonyl (C=O) groups is 1. The average molecular weight is 516 g/mol. The number of carbonyl (C=O) groups excluding carboxylic acids is 1. The van der Waals surface area contributed by atoms with Gasteiger partial charge in [0.15, 0.2) is 0 Å². The van der Waals surface area contributed by atoms with E-state index in [2.05, 4.69) is 21.2 Å². The largest absolute Gasteiger partial charge is 0.487 e. The average Bonchev–Trinajstić information content (AvgIpc) is 2.74. The molecule has 0 aliphatic rings. The molecule has 0 saturated carbocycles. The van der Waals surface area contributed by atoms with E-state index in [1.54, 1.807) is 24.3 Å². The number of hydrogen-bond donors (Lipinski definition) is 1. The molecule has 4 nitrogen and oxygen atoms in total. The van der Waals surface area contributed by atoms with Gasteiger partial charge in [0.25, 0.3) is 5.91 Å². The number of rotatable bonds is 6. The van der Waals surface area contributed by atoms with Gasteiger partial charge < -0.3 is 10.1 Å². The molecule has 0 aliphatic carbocycles. The molecule has 0 aliphatic heterocycles. The maximum atomic E-state index is 12.6. The highest BCUT2D eigenvalue weighted by Crippen LogP contribution is 2.34. The Hall–Kier alpha value is -2.78. The molecule has 0 bridgehead atoms. The summed E-state index contributed by atoms with van der Waals surface area (Å²) in [7, 11) is 0. The SMILES string of the molecule is Cc1ccc(NC(=O)/C(C#N)=C/c2cc(Cl)cc(Cl)c2OCc2ccc(Br)cc2)cc1. The fourth-order valence-electron chi connectivity index (χ4n) is 2.72. The Labute approximate surface area is 199 Å². The topological polar surface area (TPSA) is 62.1 Å². The number of aryl methyl sites for hydroxylation is 1. The molecule has 7 heteroatoms. The van der Waals surface area contributed by atoms with E-state index in [-0.39, 0.29) is 17.2 Å². The highest BCUT2D eigenvalue weighted by atomic mass is 79.9. The van der Waals surface area contributed by atoms with Crippen LogP contribution in [0.3, 0.4) is 0 Å². The van der Waals surface area contributed by atoms with E-state index in [1.165, 1.54) is 6.08 Å². The van der Waals surface area contributed by atoms with Gasteiger partial charge in [0.05, 0.1) is 5.02 Å². The molecule has 1 amide bonds. The first-order valence-corrected chi connectivity index (χ1v) is 10.8. The van der Waals surface area contributed by atoms with E-state index in [4.69, 9.17) is 27.9 Å². The molecular formula is C24H17BrCl2N2O2. The van der Waals surface area contributed by atoms with Gasteiger partial charge in [-0.15, -0.1) is 0 Å². The zero-order valence-electron chi connectivity index (χ0n) is 16.5. The molecule has 1 N–H and O–H groups in total. The van der Waals surface area contributed by atoms with Crippen LogP contribution in [0, 0.1) is 18.3 Å². The van der Waals surface area contributed by atoms with Crippen molar-refractivity contribution in [1.29, 1.82) is 5.26 Å². The normalized spacial score (nSPS) is 11.0. The third kappa shape index (κ3) is 6.35. The summed E-state index contributed by atoms with van der Waals surface area (Å²) < 4.78 is 6.87. The van der Waals surface area contributed by atoms with Crippen molar-refractivity contribution in [2.75, 3.05) is 5.32 Å².